The highest BCUT2D eigenvalue weighted by atomic mass is 14.7. The first kappa shape index (κ1) is 27.5. The molecule has 8 rings (SSSR count). The number of benzene rings is 5. The van der Waals surface area contributed by atoms with Gasteiger partial charge >= 0.3 is 0 Å². The van der Waals surface area contributed by atoms with E-state index in [0.717, 1.165) is 46.2 Å². The van der Waals surface area contributed by atoms with Gasteiger partial charge in [0.25, 0.3) is 0 Å². The Bertz CT molecular complexity index is 2250. The van der Waals surface area contributed by atoms with Crippen LogP contribution in [-0.4, -0.2) is 10.7 Å². The summed E-state index contributed by atoms with van der Waals surface area (Å²) in [6.45, 7) is 8.99. The maximum absolute atomic E-state index is 9.15. The number of hydrogen-bond acceptors (Lipinski definition) is 2. The van der Waals surface area contributed by atoms with Crippen LogP contribution in [0.4, 0.5) is 0 Å². The van der Waals surface area contributed by atoms with Crippen molar-refractivity contribution in [2.75, 3.05) is 0 Å². The SMILES string of the molecule is C=C(/C=C\C(=N)c1ccc2c3c1ccc1ccc4c(-c5ccc(-c6ccccc6)cn5)ccc(c4c13)C2(C)C)C1=CCCCC1. The Kier molecular flexibility index (Phi) is 6.42. The molecule has 6 aromatic rings. The van der Waals surface area contributed by atoms with E-state index in [-0.39, 0.29) is 5.41 Å². The molecule has 0 bridgehead atoms. The van der Waals surface area contributed by atoms with Crippen molar-refractivity contribution >= 4 is 38.0 Å². The van der Waals surface area contributed by atoms with E-state index < -0.39 is 0 Å². The first-order chi connectivity index (χ1) is 21.9. The molecule has 0 saturated heterocycles. The fourth-order valence-electron chi connectivity index (χ4n) is 7.62. The molecule has 0 atom stereocenters. The van der Waals surface area contributed by atoms with Crippen LogP contribution in [0.1, 0.15) is 56.2 Å². The lowest BCUT2D eigenvalue weighted by Gasteiger charge is -2.35. The molecule has 0 fully saturated rings. The molecule has 0 radical (unpaired) electrons. The maximum Gasteiger partial charge on any atom is 0.0708 e. The molecule has 1 aromatic heterocycles. The molecule has 1 N–H and O–H groups in total. The molecule has 1 heterocycles. The zero-order valence-electron chi connectivity index (χ0n) is 26.0. The predicted molar refractivity (Wildman–Crippen MR) is 191 cm³/mol. The van der Waals surface area contributed by atoms with Crippen molar-refractivity contribution < 1.29 is 0 Å². The van der Waals surface area contributed by atoms with Gasteiger partial charge in [-0.3, -0.25) is 4.98 Å². The van der Waals surface area contributed by atoms with Crippen molar-refractivity contribution in [2.45, 2.75) is 44.9 Å². The summed E-state index contributed by atoms with van der Waals surface area (Å²) < 4.78 is 0. The highest BCUT2D eigenvalue weighted by Gasteiger charge is 2.33. The van der Waals surface area contributed by atoms with Crippen LogP contribution in [0.3, 0.4) is 0 Å². The second kappa shape index (κ2) is 10.5. The number of nitrogens with zero attached hydrogens (tertiary/aromatic N) is 1. The zero-order valence-corrected chi connectivity index (χ0v) is 26.0. The quantitative estimate of drug-likeness (QED) is 0.119. The Morgan fingerprint density at radius 3 is 2.24 bits per heavy atom. The van der Waals surface area contributed by atoms with E-state index in [1.54, 1.807) is 0 Å². The molecule has 0 aliphatic heterocycles. The summed E-state index contributed by atoms with van der Waals surface area (Å²) in [7, 11) is 0. The van der Waals surface area contributed by atoms with Crippen molar-refractivity contribution in [3.8, 4) is 22.4 Å². The second-order valence-corrected chi connectivity index (χ2v) is 13.1. The minimum absolute atomic E-state index is 0.194. The number of aromatic nitrogens is 1. The van der Waals surface area contributed by atoms with Crippen molar-refractivity contribution in [3.05, 3.63) is 150 Å². The van der Waals surface area contributed by atoms with E-state index in [4.69, 9.17) is 10.4 Å². The van der Waals surface area contributed by atoms with Crippen molar-refractivity contribution in [3.63, 3.8) is 0 Å². The smallest absolute Gasteiger partial charge is 0.0708 e. The second-order valence-electron chi connectivity index (χ2n) is 13.1. The van der Waals surface area contributed by atoms with Crippen molar-refractivity contribution in [1.82, 2.24) is 4.98 Å². The lowest BCUT2D eigenvalue weighted by atomic mass is 9.68. The predicted octanol–water partition coefficient (Wildman–Crippen LogP) is 11.5. The van der Waals surface area contributed by atoms with Gasteiger partial charge in [0.1, 0.15) is 0 Å². The zero-order chi connectivity index (χ0) is 30.7. The first-order valence-electron chi connectivity index (χ1n) is 16.0. The summed E-state index contributed by atoms with van der Waals surface area (Å²) in [4.78, 5) is 4.96. The lowest BCUT2D eigenvalue weighted by molar-refractivity contribution is 0.652. The minimum atomic E-state index is -0.194. The summed E-state index contributed by atoms with van der Waals surface area (Å²) in [5.74, 6) is 0. The lowest BCUT2D eigenvalue weighted by Crippen LogP contribution is -2.23. The van der Waals surface area contributed by atoms with Gasteiger partial charge in [0.2, 0.25) is 0 Å². The number of pyridine rings is 1. The van der Waals surface area contributed by atoms with Crippen LogP contribution >= 0.6 is 0 Å². The van der Waals surface area contributed by atoms with Gasteiger partial charge in [-0.15, -0.1) is 0 Å². The van der Waals surface area contributed by atoms with Crippen LogP contribution in [0.15, 0.2) is 133 Å². The Labute approximate surface area is 265 Å². The van der Waals surface area contributed by atoms with Gasteiger partial charge in [-0.05, 0) is 98.0 Å². The van der Waals surface area contributed by atoms with Crippen LogP contribution < -0.4 is 0 Å². The molecule has 2 heteroatoms. The Hall–Kier alpha value is -5.08. The van der Waals surface area contributed by atoms with Gasteiger partial charge in [-0.2, -0.15) is 0 Å². The molecule has 2 nitrogen and oxygen atoms in total. The van der Waals surface area contributed by atoms with Gasteiger partial charge in [0.05, 0.1) is 11.4 Å². The molecule has 45 heavy (non-hydrogen) atoms. The standard InChI is InChI=1S/C43H36N2/c1-27(28-10-6-4-7-11-28)14-24-38(44)32-20-22-36-41-34(32)18-15-30-16-19-35-33(21-23-37(43(36,2)3)42(35)40(30)41)39-25-17-31(26-45-39)29-12-8-5-9-13-29/h5,8-10,12-26,44H,1,4,6-7,11H2,2-3H3/b24-14-,44-38?. The van der Waals surface area contributed by atoms with E-state index >= 15 is 0 Å². The van der Waals surface area contributed by atoms with E-state index in [1.165, 1.54) is 62.0 Å². The van der Waals surface area contributed by atoms with Gasteiger partial charge in [0, 0.05) is 28.3 Å². The Morgan fingerprint density at radius 2 is 1.51 bits per heavy atom. The molecular formula is C43H36N2. The average molecular weight is 581 g/mol. The molecule has 5 aromatic carbocycles. The molecule has 0 amide bonds. The van der Waals surface area contributed by atoms with Crippen molar-refractivity contribution in [2.24, 2.45) is 0 Å². The maximum atomic E-state index is 9.15. The first-order valence-corrected chi connectivity index (χ1v) is 16.0. The van der Waals surface area contributed by atoms with E-state index in [1.807, 2.05) is 24.4 Å². The monoisotopic (exact) mass is 580 g/mol. The van der Waals surface area contributed by atoms with E-state index in [9.17, 15) is 0 Å². The van der Waals surface area contributed by atoms with E-state index in [2.05, 4.69) is 111 Å². The van der Waals surface area contributed by atoms with E-state index in [0.29, 0.717) is 5.71 Å². The third-order valence-corrected chi connectivity index (χ3v) is 10.1. The molecule has 2 aliphatic carbocycles. The van der Waals surface area contributed by atoms with Crippen LogP contribution in [0.5, 0.6) is 0 Å². The van der Waals surface area contributed by atoms with Crippen LogP contribution in [0, 0.1) is 5.41 Å². The third-order valence-electron chi connectivity index (χ3n) is 10.1. The van der Waals surface area contributed by atoms with Crippen molar-refractivity contribution in [1.29, 1.82) is 5.41 Å². The fraction of sp³-hybridized carbons (Fsp3) is 0.163. The number of rotatable bonds is 6. The number of nitrogens with one attached hydrogen (secondary N) is 1. The summed E-state index contributed by atoms with van der Waals surface area (Å²) in [5, 5.41) is 16.6. The van der Waals surface area contributed by atoms with Gasteiger partial charge < -0.3 is 5.41 Å². The van der Waals surface area contributed by atoms with Crippen LogP contribution in [-0.2, 0) is 5.41 Å². The molecule has 0 saturated carbocycles. The summed E-state index contributed by atoms with van der Waals surface area (Å²) >= 11 is 0. The highest BCUT2D eigenvalue weighted by molar-refractivity contribution is 6.29. The fourth-order valence-corrected chi connectivity index (χ4v) is 7.62. The van der Waals surface area contributed by atoms with Gasteiger partial charge in [-0.25, -0.2) is 0 Å². The average Bonchev–Trinajstić information content (AvgIpc) is 3.09. The van der Waals surface area contributed by atoms with Gasteiger partial charge in [0.15, 0.2) is 0 Å². The van der Waals surface area contributed by atoms with Gasteiger partial charge in [-0.1, -0.05) is 118 Å². The summed E-state index contributed by atoms with van der Waals surface area (Å²) in [6.07, 6.45) is 13.0. The van der Waals surface area contributed by atoms with Crippen LogP contribution in [0.2, 0.25) is 0 Å². The third kappa shape index (κ3) is 4.39. The largest absolute Gasteiger partial charge is 0.300 e. The molecule has 0 spiro atoms. The normalized spacial score (nSPS) is 15.4. The van der Waals surface area contributed by atoms with Crippen LogP contribution in [0.25, 0.3) is 54.7 Å². The molecule has 0 unspecified atom stereocenters. The Morgan fingerprint density at radius 1 is 0.756 bits per heavy atom. The minimum Gasteiger partial charge on any atom is -0.300 e. The highest BCUT2D eigenvalue weighted by Crippen LogP contribution is 2.50. The molecule has 218 valence electrons. The topological polar surface area (TPSA) is 36.7 Å². The molecule has 2 aliphatic rings. The number of hydrogen-bond donors (Lipinski definition) is 1. The summed E-state index contributed by atoms with van der Waals surface area (Å²) in [5.41, 5.74) is 10.7. The molecular weight excluding hydrogens is 544 g/mol. The Balaban J connectivity index is 1.29. The summed E-state index contributed by atoms with van der Waals surface area (Å²) in [6, 6.07) is 32.7. The number of allylic oxidation sites excluding steroid dienone is 5.